The Kier molecular flexibility index (Phi) is 2.49. The first kappa shape index (κ1) is 8.53. The zero-order chi connectivity index (χ0) is 8.32. The fraction of sp³-hybridized carbons (Fsp3) is 0.875. The van der Waals surface area contributed by atoms with Crippen molar-refractivity contribution in [2.24, 2.45) is 11.1 Å². The lowest BCUT2D eigenvalue weighted by Gasteiger charge is -2.33. The molecule has 1 saturated heterocycles. The molecule has 64 valence electrons. The van der Waals surface area contributed by atoms with Crippen LogP contribution in [-0.4, -0.2) is 19.0 Å². The molecule has 3 N–H and O–H groups in total. The van der Waals surface area contributed by atoms with E-state index in [1.54, 1.807) is 0 Å². The van der Waals surface area contributed by atoms with Crippen molar-refractivity contribution < 1.29 is 4.79 Å². The van der Waals surface area contributed by atoms with Gasteiger partial charge in [-0.1, -0.05) is 6.92 Å². The maximum Gasteiger partial charge on any atom is 0.223 e. The van der Waals surface area contributed by atoms with E-state index in [1.807, 2.05) is 6.92 Å². The molecule has 1 aliphatic heterocycles. The number of piperidine rings is 1. The van der Waals surface area contributed by atoms with E-state index in [-0.39, 0.29) is 11.3 Å². The molecule has 0 aromatic rings. The summed E-state index contributed by atoms with van der Waals surface area (Å²) in [7, 11) is 0. The Balaban J connectivity index is 2.64. The van der Waals surface area contributed by atoms with Crippen molar-refractivity contribution in [1.29, 1.82) is 0 Å². The number of amides is 1. The molecule has 1 heterocycles. The summed E-state index contributed by atoms with van der Waals surface area (Å²) in [4.78, 5) is 11.1. The van der Waals surface area contributed by atoms with Gasteiger partial charge in [0.2, 0.25) is 5.91 Å². The molecule has 0 bridgehead atoms. The summed E-state index contributed by atoms with van der Waals surface area (Å²) in [5, 5.41) is 3.22. The smallest absolute Gasteiger partial charge is 0.223 e. The van der Waals surface area contributed by atoms with Gasteiger partial charge in [-0.3, -0.25) is 4.79 Å². The average molecular weight is 156 g/mol. The predicted octanol–water partition coefficient (Wildman–Crippen LogP) is 0.251. The van der Waals surface area contributed by atoms with Crippen LogP contribution < -0.4 is 11.1 Å². The number of carbonyl (C=O) groups is 1. The van der Waals surface area contributed by atoms with E-state index >= 15 is 0 Å². The average Bonchev–Trinajstić information content (AvgIpc) is 2.05. The molecule has 1 amide bonds. The second-order valence-electron chi connectivity index (χ2n) is 3.25. The molecule has 0 unspecified atom stereocenters. The maximum atomic E-state index is 11.1. The second-order valence-corrected chi connectivity index (χ2v) is 3.25. The fourth-order valence-corrected chi connectivity index (χ4v) is 1.68. The molecule has 3 heteroatoms. The van der Waals surface area contributed by atoms with Crippen LogP contribution in [0.5, 0.6) is 0 Å². The van der Waals surface area contributed by atoms with E-state index in [4.69, 9.17) is 5.73 Å². The third-order valence-electron chi connectivity index (χ3n) is 2.76. The number of hydrogen-bond acceptors (Lipinski definition) is 2. The molecule has 0 aliphatic carbocycles. The van der Waals surface area contributed by atoms with Gasteiger partial charge in [0, 0.05) is 0 Å². The zero-order valence-electron chi connectivity index (χ0n) is 7.02. The van der Waals surface area contributed by atoms with Gasteiger partial charge in [0.05, 0.1) is 5.41 Å². The lowest BCUT2D eigenvalue weighted by Crippen LogP contribution is -2.45. The van der Waals surface area contributed by atoms with Crippen LogP contribution in [0.15, 0.2) is 0 Å². The number of primary amides is 1. The SMILES string of the molecule is CCC1(C(N)=O)CCNCC1. The Morgan fingerprint density at radius 1 is 1.55 bits per heavy atom. The highest BCUT2D eigenvalue weighted by Crippen LogP contribution is 2.31. The lowest BCUT2D eigenvalue weighted by molar-refractivity contribution is -0.129. The van der Waals surface area contributed by atoms with E-state index in [1.165, 1.54) is 0 Å². The van der Waals surface area contributed by atoms with Crippen LogP contribution in [0, 0.1) is 5.41 Å². The number of nitrogens with two attached hydrogens (primary N) is 1. The molecule has 1 aliphatic rings. The minimum absolute atomic E-state index is 0.124. The van der Waals surface area contributed by atoms with Gasteiger partial charge in [-0.2, -0.15) is 0 Å². The van der Waals surface area contributed by atoms with Crippen molar-refractivity contribution in [3.63, 3.8) is 0 Å². The first-order valence-corrected chi connectivity index (χ1v) is 4.22. The van der Waals surface area contributed by atoms with Crippen LogP contribution in [0.25, 0.3) is 0 Å². The topological polar surface area (TPSA) is 55.1 Å². The number of nitrogens with one attached hydrogen (secondary N) is 1. The van der Waals surface area contributed by atoms with E-state index < -0.39 is 0 Å². The van der Waals surface area contributed by atoms with Crippen molar-refractivity contribution in [2.75, 3.05) is 13.1 Å². The zero-order valence-corrected chi connectivity index (χ0v) is 7.02. The molecular formula is C8H16N2O. The summed E-state index contributed by atoms with van der Waals surface area (Å²) in [6.07, 6.45) is 2.68. The summed E-state index contributed by atoms with van der Waals surface area (Å²) in [5.74, 6) is -0.124. The highest BCUT2D eigenvalue weighted by Gasteiger charge is 2.35. The normalized spacial score (nSPS) is 23.0. The summed E-state index contributed by atoms with van der Waals surface area (Å²) in [6.45, 7) is 3.89. The number of carbonyl (C=O) groups excluding carboxylic acids is 1. The summed E-state index contributed by atoms with van der Waals surface area (Å²) in [6, 6.07) is 0. The van der Waals surface area contributed by atoms with Gasteiger partial charge in [0.1, 0.15) is 0 Å². The Bertz CT molecular complexity index is 150. The van der Waals surface area contributed by atoms with E-state index in [9.17, 15) is 4.79 Å². The molecule has 0 atom stereocenters. The quantitative estimate of drug-likeness (QED) is 0.602. The van der Waals surface area contributed by atoms with Crippen LogP contribution in [-0.2, 0) is 4.79 Å². The molecule has 3 nitrogen and oxygen atoms in total. The largest absolute Gasteiger partial charge is 0.369 e. The van der Waals surface area contributed by atoms with Crippen molar-refractivity contribution >= 4 is 5.91 Å². The maximum absolute atomic E-state index is 11.1. The minimum Gasteiger partial charge on any atom is -0.369 e. The summed E-state index contributed by atoms with van der Waals surface area (Å²) >= 11 is 0. The van der Waals surface area contributed by atoms with Gasteiger partial charge in [-0.15, -0.1) is 0 Å². The molecule has 11 heavy (non-hydrogen) atoms. The van der Waals surface area contributed by atoms with E-state index in [0.717, 1.165) is 32.4 Å². The Labute approximate surface area is 67.3 Å². The van der Waals surface area contributed by atoms with Crippen molar-refractivity contribution in [1.82, 2.24) is 5.32 Å². The van der Waals surface area contributed by atoms with Crippen LogP contribution in [0.2, 0.25) is 0 Å². The van der Waals surface area contributed by atoms with Gasteiger partial charge < -0.3 is 11.1 Å². The minimum atomic E-state index is -0.203. The summed E-state index contributed by atoms with van der Waals surface area (Å²) in [5.41, 5.74) is 5.14. The predicted molar refractivity (Wildman–Crippen MR) is 44.0 cm³/mol. The van der Waals surface area contributed by atoms with Crippen LogP contribution in [0.1, 0.15) is 26.2 Å². The Morgan fingerprint density at radius 3 is 2.36 bits per heavy atom. The van der Waals surface area contributed by atoms with Gasteiger partial charge >= 0.3 is 0 Å². The number of rotatable bonds is 2. The highest BCUT2D eigenvalue weighted by atomic mass is 16.1. The van der Waals surface area contributed by atoms with E-state index in [2.05, 4.69) is 5.32 Å². The number of hydrogen-bond donors (Lipinski definition) is 2. The molecule has 1 rings (SSSR count). The summed E-state index contributed by atoms with van der Waals surface area (Å²) < 4.78 is 0. The standard InChI is InChI=1S/C8H16N2O/c1-2-8(7(9)11)3-5-10-6-4-8/h10H,2-6H2,1H3,(H2,9,11). The van der Waals surface area contributed by atoms with Gasteiger partial charge in [-0.25, -0.2) is 0 Å². The third-order valence-corrected chi connectivity index (χ3v) is 2.76. The first-order valence-electron chi connectivity index (χ1n) is 4.22. The van der Waals surface area contributed by atoms with Crippen molar-refractivity contribution in [3.8, 4) is 0 Å². The highest BCUT2D eigenvalue weighted by molar-refractivity contribution is 5.80. The lowest BCUT2D eigenvalue weighted by atomic mass is 9.76. The molecule has 0 aromatic heterocycles. The molecule has 1 fully saturated rings. The van der Waals surface area contributed by atoms with Gasteiger partial charge in [0.15, 0.2) is 0 Å². The van der Waals surface area contributed by atoms with Gasteiger partial charge in [0.25, 0.3) is 0 Å². The van der Waals surface area contributed by atoms with Crippen molar-refractivity contribution in [3.05, 3.63) is 0 Å². The van der Waals surface area contributed by atoms with Crippen LogP contribution in [0.3, 0.4) is 0 Å². The fourth-order valence-electron chi connectivity index (χ4n) is 1.68. The molecular weight excluding hydrogens is 140 g/mol. The van der Waals surface area contributed by atoms with Crippen molar-refractivity contribution in [2.45, 2.75) is 26.2 Å². The Hall–Kier alpha value is -0.570. The van der Waals surface area contributed by atoms with Crippen LogP contribution in [0.4, 0.5) is 0 Å². The molecule has 0 spiro atoms. The Morgan fingerprint density at radius 2 is 2.09 bits per heavy atom. The molecule has 0 aromatic carbocycles. The van der Waals surface area contributed by atoms with Crippen LogP contribution >= 0.6 is 0 Å². The molecule has 0 radical (unpaired) electrons. The monoisotopic (exact) mass is 156 g/mol. The third kappa shape index (κ3) is 1.53. The molecule has 0 saturated carbocycles. The second kappa shape index (κ2) is 3.22. The van der Waals surface area contributed by atoms with E-state index in [0.29, 0.717) is 0 Å². The first-order chi connectivity index (χ1) is 5.21. The van der Waals surface area contributed by atoms with Gasteiger partial charge in [-0.05, 0) is 32.4 Å².